The standard InChI is InChI=1S/C11H11ClN2O2S2/c1-7-3-2-4-8(13)11(7)14-18(15,16)10-6-5-9(12)17-10/h2-6,14H,13H2,1H3. The van der Waals surface area contributed by atoms with Gasteiger partial charge in [0, 0.05) is 0 Å². The lowest BCUT2D eigenvalue weighted by Crippen LogP contribution is -2.13. The smallest absolute Gasteiger partial charge is 0.271 e. The molecule has 0 aliphatic rings. The van der Waals surface area contributed by atoms with Gasteiger partial charge in [0.2, 0.25) is 0 Å². The molecule has 0 radical (unpaired) electrons. The minimum atomic E-state index is -3.63. The van der Waals surface area contributed by atoms with E-state index in [2.05, 4.69) is 4.72 Å². The number of aryl methyl sites for hydroxylation is 1. The Hall–Kier alpha value is -1.24. The van der Waals surface area contributed by atoms with E-state index in [0.717, 1.165) is 16.9 Å². The van der Waals surface area contributed by atoms with Crippen LogP contribution in [0.4, 0.5) is 11.4 Å². The predicted octanol–water partition coefficient (Wildman–Crippen LogP) is 3.09. The van der Waals surface area contributed by atoms with Crippen LogP contribution in [0.15, 0.2) is 34.5 Å². The monoisotopic (exact) mass is 302 g/mol. The lowest BCUT2D eigenvalue weighted by molar-refractivity contribution is 0.603. The Kier molecular flexibility index (Phi) is 3.52. The van der Waals surface area contributed by atoms with Gasteiger partial charge >= 0.3 is 0 Å². The molecule has 96 valence electrons. The second-order valence-corrected chi connectivity index (χ2v) is 7.33. The van der Waals surface area contributed by atoms with Gasteiger partial charge < -0.3 is 5.73 Å². The van der Waals surface area contributed by atoms with Crippen molar-refractivity contribution >= 4 is 44.3 Å². The molecule has 0 aliphatic carbocycles. The zero-order valence-electron chi connectivity index (χ0n) is 9.48. The molecule has 1 aromatic carbocycles. The van der Waals surface area contributed by atoms with Crippen molar-refractivity contribution in [3.8, 4) is 0 Å². The van der Waals surface area contributed by atoms with E-state index in [9.17, 15) is 8.42 Å². The summed E-state index contributed by atoms with van der Waals surface area (Å²) in [5.41, 5.74) is 7.32. The maximum absolute atomic E-state index is 12.1. The summed E-state index contributed by atoms with van der Waals surface area (Å²) in [5, 5.41) is 0. The molecule has 0 aliphatic heterocycles. The maximum atomic E-state index is 12.1. The molecule has 1 heterocycles. The van der Waals surface area contributed by atoms with E-state index < -0.39 is 10.0 Å². The molecule has 0 bridgehead atoms. The van der Waals surface area contributed by atoms with E-state index >= 15 is 0 Å². The van der Waals surface area contributed by atoms with Crippen molar-refractivity contribution < 1.29 is 8.42 Å². The zero-order chi connectivity index (χ0) is 13.3. The van der Waals surface area contributed by atoms with Crippen LogP contribution >= 0.6 is 22.9 Å². The van der Waals surface area contributed by atoms with Gasteiger partial charge in [-0.15, -0.1) is 11.3 Å². The quantitative estimate of drug-likeness (QED) is 0.856. The van der Waals surface area contributed by atoms with Gasteiger partial charge in [0.05, 0.1) is 15.7 Å². The Bertz CT molecular complexity index is 660. The number of rotatable bonds is 3. The zero-order valence-corrected chi connectivity index (χ0v) is 11.9. The summed E-state index contributed by atoms with van der Waals surface area (Å²) in [6.45, 7) is 1.79. The number of anilines is 2. The van der Waals surface area contributed by atoms with Crippen LogP contribution in [0.25, 0.3) is 0 Å². The Morgan fingerprint density at radius 3 is 2.56 bits per heavy atom. The fraction of sp³-hybridized carbons (Fsp3) is 0.0909. The Labute approximate surface area is 114 Å². The van der Waals surface area contributed by atoms with E-state index in [1.807, 2.05) is 0 Å². The Morgan fingerprint density at radius 2 is 2.00 bits per heavy atom. The minimum absolute atomic E-state index is 0.162. The molecule has 0 saturated carbocycles. The fourth-order valence-electron chi connectivity index (χ4n) is 1.46. The van der Waals surface area contributed by atoms with Crippen LogP contribution in [0.1, 0.15) is 5.56 Å². The van der Waals surface area contributed by atoms with Crippen LogP contribution in [-0.4, -0.2) is 8.42 Å². The molecule has 4 nitrogen and oxygen atoms in total. The number of benzene rings is 1. The molecule has 2 rings (SSSR count). The first kappa shape index (κ1) is 13.2. The molecule has 1 aromatic heterocycles. The lowest BCUT2D eigenvalue weighted by Gasteiger charge is -2.11. The Balaban J connectivity index is 2.40. The number of halogens is 1. The third kappa shape index (κ3) is 2.60. The highest BCUT2D eigenvalue weighted by Crippen LogP contribution is 2.30. The van der Waals surface area contributed by atoms with Crippen LogP contribution in [0.3, 0.4) is 0 Å². The summed E-state index contributed by atoms with van der Waals surface area (Å²) in [6, 6.07) is 8.21. The van der Waals surface area contributed by atoms with Gasteiger partial charge in [-0.2, -0.15) is 0 Å². The molecule has 0 atom stereocenters. The van der Waals surface area contributed by atoms with Crippen LogP contribution < -0.4 is 10.5 Å². The van der Waals surface area contributed by atoms with Gasteiger partial charge in [-0.05, 0) is 30.7 Å². The summed E-state index contributed by atoms with van der Waals surface area (Å²) in [7, 11) is -3.63. The molecule has 0 spiro atoms. The van der Waals surface area contributed by atoms with Gasteiger partial charge in [-0.25, -0.2) is 8.42 Å². The number of hydrogen-bond donors (Lipinski definition) is 2. The number of thiophene rings is 1. The van der Waals surface area contributed by atoms with Crippen LogP contribution in [0.5, 0.6) is 0 Å². The summed E-state index contributed by atoms with van der Waals surface area (Å²) < 4.78 is 27.3. The molecule has 2 aromatic rings. The van der Waals surface area contributed by atoms with E-state index in [1.54, 1.807) is 31.2 Å². The van der Waals surface area contributed by atoms with E-state index in [1.165, 1.54) is 6.07 Å². The van der Waals surface area contributed by atoms with Gasteiger partial charge in [-0.3, -0.25) is 4.72 Å². The first-order chi connectivity index (χ1) is 8.40. The van der Waals surface area contributed by atoms with Gasteiger partial charge in [0.15, 0.2) is 0 Å². The maximum Gasteiger partial charge on any atom is 0.271 e. The molecule has 7 heteroatoms. The van der Waals surface area contributed by atoms with Crippen molar-refractivity contribution in [3.05, 3.63) is 40.2 Å². The fourth-order valence-corrected chi connectivity index (χ4v) is 4.10. The molecular weight excluding hydrogens is 292 g/mol. The number of sulfonamides is 1. The number of para-hydroxylation sites is 1. The van der Waals surface area contributed by atoms with Gasteiger partial charge in [-0.1, -0.05) is 23.7 Å². The molecule has 0 saturated heterocycles. The van der Waals surface area contributed by atoms with Crippen molar-refractivity contribution in [2.24, 2.45) is 0 Å². The largest absolute Gasteiger partial charge is 0.397 e. The van der Waals surface area contributed by atoms with Crippen molar-refractivity contribution in [2.75, 3.05) is 10.5 Å². The second kappa shape index (κ2) is 4.79. The average Bonchev–Trinajstić information content (AvgIpc) is 2.71. The lowest BCUT2D eigenvalue weighted by atomic mass is 10.2. The van der Waals surface area contributed by atoms with Crippen LogP contribution in [0, 0.1) is 6.92 Å². The van der Waals surface area contributed by atoms with E-state index in [0.29, 0.717) is 15.7 Å². The van der Waals surface area contributed by atoms with Crippen molar-refractivity contribution in [1.29, 1.82) is 0 Å². The van der Waals surface area contributed by atoms with Crippen LogP contribution in [0.2, 0.25) is 4.34 Å². The molecular formula is C11H11ClN2O2S2. The summed E-state index contributed by atoms with van der Waals surface area (Å²) in [4.78, 5) is 0. The highest BCUT2D eigenvalue weighted by Gasteiger charge is 2.18. The molecule has 3 N–H and O–H groups in total. The third-order valence-electron chi connectivity index (χ3n) is 2.35. The highest BCUT2D eigenvalue weighted by molar-refractivity contribution is 7.94. The number of nitrogen functional groups attached to an aromatic ring is 1. The SMILES string of the molecule is Cc1cccc(N)c1NS(=O)(=O)c1ccc(Cl)s1. The van der Waals surface area contributed by atoms with E-state index in [4.69, 9.17) is 17.3 Å². The van der Waals surface area contributed by atoms with Crippen LogP contribution in [-0.2, 0) is 10.0 Å². The van der Waals surface area contributed by atoms with Crippen molar-refractivity contribution in [2.45, 2.75) is 11.1 Å². The predicted molar refractivity (Wildman–Crippen MR) is 75.7 cm³/mol. The Morgan fingerprint density at radius 1 is 1.28 bits per heavy atom. The molecule has 0 unspecified atom stereocenters. The van der Waals surface area contributed by atoms with Gasteiger partial charge in [0.1, 0.15) is 4.21 Å². The topological polar surface area (TPSA) is 72.2 Å². The van der Waals surface area contributed by atoms with Crippen molar-refractivity contribution in [1.82, 2.24) is 0 Å². The highest BCUT2D eigenvalue weighted by atomic mass is 35.5. The molecule has 18 heavy (non-hydrogen) atoms. The minimum Gasteiger partial charge on any atom is -0.397 e. The summed E-state index contributed by atoms with van der Waals surface area (Å²) in [5.74, 6) is 0. The van der Waals surface area contributed by atoms with Gasteiger partial charge in [0.25, 0.3) is 10.0 Å². The molecule has 0 amide bonds. The normalized spacial score (nSPS) is 11.4. The van der Waals surface area contributed by atoms with Crippen molar-refractivity contribution in [3.63, 3.8) is 0 Å². The first-order valence-corrected chi connectivity index (χ1v) is 7.71. The number of nitrogens with one attached hydrogen (secondary N) is 1. The van der Waals surface area contributed by atoms with E-state index in [-0.39, 0.29) is 4.21 Å². The third-order valence-corrected chi connectivity index (χ3v) is 5.43. The number of nitrogens with two attached hydrogens (primary N) is 1. The first-order valence-electron chi connectivity index (χ1n) is 5.03. The number of hydrogen-bond acceptors (Lipinski definition) is 4. The second-order valence-electron chi connectivity index (χ2n) is 3.70. The molecule has 0 fully saturated rings. The summed E-state index contributed by atoms with van der Waals surface area (Å²) >= 11 is 6.73. The summed E-state index contributed by atoms with van der Waals surface area (Å²) in [6.07, 6.45) is 0. The average molecular weight is 303 g/mol.